The van der Waals surface area contributed by atoms with Crippen molar-refractivity contribution in [3.05, 3.63) is 35.9 Å². The predicted octanol–water partition coefficient (Wildman–Crippen LogP) is 2.35. The van der Waals surface area contributed by atoms with Crippen LogP contribution in [-0.4, -0.2) is 29.0 Å². The number of esters is 1. The SMILES string of the molecule is CC(C)(C)OC(=O)NC(O)CCC(=O)OCc1ccccc1. The number of nitrogens with one attached hydrogen (secondary N) is 1. The van der Waals surface area contributed by atoms with Gasteiger partial charge in [0.15, 0.2) is 0 Å². The number of ether oxygens (including phenoxy) is 2. The number of rotatable bonds is 6. The van der Waals surface area contributed by atoms with Crippen LogP contribution in [0.2, 0.25) is 0 Å². The highest BCUT2D eigenvalue weighted by Crippen LogP contribution is 2.07. The highest BCUT2D eigenvalue weighted by molar-refractivity contribution is 5.70. The molecule has 6 nitrogen and oxygen atoms in total. The third kappa shape index (κ3) is 8.26. The quantitative estimate of drug-likeness (QED) is 0.622. The summed E-state index contributed by atoms with van der Waals surface area (Å²) in [5, 5.41) is 11.9. The maximum atomic E-state index is 11.6. The van der Waals surface area contributed by atoms with Crippen LogP contribution in [0.4, 0.5) is 4.79 Å². The molecule has 122 valence electrons. The molecule has 0 aromatic heterocycles. The maximum absolute atomic E-state index is 11.6. The Kier molecular flexibility index (Phi) is 6.85. The molecule has 0 fully saturated rings. The van der Waals surface area contributed by atoms with Crippen molar-refractivity contribution in [2.45, 2.75) is 52.0 Å². The van der Waals surface area contributed by atoms with E-state index in [1.54, 1.807) is 20.8 Å². The largest absolute Gasteiger partial charge is 0.461 e. The van der Waals surface area contributed by atoms with Crippen LogP contribution in [-0.2, 0) is 20.9 Å². The molecule has 0 aliphatic rings. The van der Waals surface area contributed by atoms with Gasteiger partial charge in [-0.25, -0.2) is 4.79 Å². The summed E-state index contributed by atoms with van der Waals surface area (Å²) < 4.78 is 10.1. The third-order valence-electron chi connectivity index (χ3n) is 2.55. The molecule has 0 aliphatic heterocycles. The Morgan fingerprint density at radius 1 is 1.23 bits per heavy atom. The first-order valence-electron chi connectivity index (χ1n) is 7.13. The molecular weight excluding hydrogens is 286 g/mol. The summed E-state index contributed by atoms with van der Waals surface area (Å²) in [5.74, 6) is -0.436. The molecule has 1 amide bonds. The molecule has 0 heterocycles. The Hall–Kier alpha value is -2.08. The number of alkyl carbamates (subject to hydrolysis) is 1. The van der Waals surface area contributed by atoms with E-state index in [1.807, 2.05) is 30.3 Å². The molecule has 0 aliphatic carbocycles. The van der Waals surface area contributed by atoms with Gasteiger partial charge in [0.05, 0.1) is 0 Å². The van der Waals surface area contributed by atoms with E-state index < -0.39 is 23.9 Å². The minimum atomic E-state index is -1.15. The van der Waals surface area contributed by atoms with Gasteiger partial charge in [0.25, 0.3) is 0 Å². The van der Waals surface area contributed by atoms with Gasteiger partial charge in [0.2, 0.25) is 0 Å². The van der Waals surface area contributed by atoms with E-state index >= 15 is 0 Å². The zero-order valence-electron chi connectivity index (χ0n) is 13.2. The van der Waals surface area contributed by atoms with Gasteiger partial charge < -0.3 is 14.6 Å². The van der Waals surface area contributed by atoms with Crippen molar-refractivity contribution >= 4 is 12.1 Å². The lowest BCUT2D eigenvalue weighted by Gasteiger charge is -2.21. The molecule has 1 aromatic carbocycles. The first-order chi connectivity index (χ1) is 10.3. The summed E-state index contributed by atoms with van der Waals surface area (Å²) in [6, 6.07) is 9.30. The third-order valence-corrected chi connectivity index (χ3v) is 2.55. The number of aliphatic hydroxyl groups is 1. The summed E-state index contributed by atoms with van der Waals surface area (Å²) >= 11 is 0. The Morgan fingerprint density at radius 3 is 2.45 bits per heavy atom. The molecule has 6 heteroatoms. The monoisotopic (exact) mass is 309 g/mol. The minimum Gasteiger partial charge on any atom is -0.461 e. The van der Waals surface area contributed by atoms with Crippen molar-refractivity contribution in [3.8, 4) is 0 Å². The number of carbonyl (C=O) groups is 2. The topological polar surface area (TPSA) is 84.9 Å². The van der Waals surface area contributed by atoms with Crippen LogP contribution < -0.4 is 5.32 Å². The fourth-order valence-corrected chi connectivity index (χ4v) is 1.58. The van der Waals surface area contributed by atoms with Crippen LogP contribution in [0, 0.1) is 0 Å². The Morgan fingerprint density at radius 2 is 1.86 bits per heavy atom. The molecule has 0 saturated heterocycles. The second-order valence-electron chi connectivity index (χ2n) is 5.85. The summed E-state index contributed by atoms with van der Waals surface area (Å²) in [7, 11) is 0. The van der Waals surface area contributed by atoms with E-state index in [9.17, 15) is 14.7 Å². The van der Waals surface area contributed by atoms with Crippen LogP contribution in [0.25, 0.3) is 0 Å². The average Bonchev–Trinajstić information content (AvgIpc) is 2.42. The van der Waals surface area contributed by atoms with Crippen LogP contribution >= 0.6 is 0 Å². The van der Waals surface area contributed by atoms with E-state index in [2.05, 4.69) is 5.32 Å². The second-order valence-corrected chi connectivity index (χ2v) is 5.85. The molecule has 1 rings (SSSR count). The maximum Gasteiger partial charge on any atom is 0.409 e. The number of amides is 1. The van der Waals surface area contributed by atoms with Crippen molar-refractivity contribution in [2.24, 2.45) is 0 Å². The predicted molar refractivity (Wildman–Crippen MR) is 80.8 cm³/mol. The van der Waals surface area contributed by atoms with E-state index in [-0.39, 0.29) is 19.4 Å². The van der Waals surface area contributed by atoms with E-state index in [4.69, 9.17) is 9.47 Å². The van der Waals surface area contributed by atoms with E-state index in [0.29, 0.717) is 0 Å². The summed E-state index contributed by atoms with van der Waals surface area (Å²) in [4.78, 5) is 23.0. The number of hydrogen-bond acceptors (Lipinski definition) is 5. The van der Waals surface area contributed by atoms with Crippen molar-refractivity contribution in [2.75, 3.05) is 0 Å². The first-order valence-corrected chi connectivity index (χ1v) is 7.13. The Labute approximate surface area is 130 Å². The normalized spacial score (nSPS) is 12.4. The molecule has 1 unspecified atom stereocenters. The fraction of sp³-hybridized carbons (Fsp3) is 0.500. The van der Waals surface area contributed by atoms with Crippen LogP contribution in [0.1, 0.15) is 39.2 Å². The Balaban J connectivity index is 2.21. The lowest BCUT2D eigenvalue weighted by Crippen LogP contribution is -2.39. The van der Waals surface area contributed by atoms with Crippen LogP contribution in [0.5, 0.6) is 0 Å². The fourth-order valence-electron chi connectivity index (χ4n) is 1.58. The zero-order valence-corrected chi connectivity index (χ0v) is 13.2. The molecule has 22 heavy (non-hydrogen) atoms. The number of hydrogen-bond donors (Lipinski definition) is 2. The number of carbonyl (C=O) groups excluding carboxylic acids is 2. The van der Waals surface area contributed by atoms with Crippen molar-refractivity contribution in [3.63, 3.8) is 0 Å². The molecule has 1 atom stereocenters. The zero-order chi connectivity index (χ0) is 16.6. The van der Waals surface area contributed by atoms with Crippen molar-refractivity contribution < 1.29 is 24.2 Å². The van der Waals surface area contributed by atoms with Crippen LogP contribution in [0.3, 0.4) is 0 Å². The molecule has 2 N–H and O–H groups in total. The van der Waals surface area contributed by atoms with Crippen molar-refractivity contribution in [1.29, 1.82) is 0 Å². The van der Waals surface area contributed by atoms with Gasteiger partial charge in [-0.2, -0.15) is 0 Å². The van der Waals surface area contributed by atoms with Gasteiger partial charge in [-0.05, 0) is 26.3 Å². The highest BCUT2D eigenvalue weighted by atomic mass is 16.6. The van der Waals surface area contributed by atoms with Gasteiger partial charge in [-0.15, -0.1) is 0 Å². The smallest absolute Gasteiger partial charge is 0.409 e. The highest BCUT2D eigenvalue weighted by Gasteiger charge is 2.18. The van der Waals surface area contributed by atoms with Gasteiger partial charge >= 0.3 is 12.1 Å². The molecule has 1 aromatic rings. The van der Waals surface area contributed by atoms with Gasteiger partial charge in [-0.1, -0.05) is 30.3 Å². The summed E-state index contributed by atoms with van der Waals surface area (Å²) in [6.45, 7) is 5.36. The first kappa shape index (κ1) is 18.0. The summed E-state index contributed by atoms with van der Waals surface area (Å²) in [5.41, 5.74) is 0.251. The summed E-state index contributed by atoms with van der Waals surface area (Å²) in [6.07, 6.45) is -1.81. The van der Waals surface area contributed by atoms with E-state index in [0.717, 1.165) is 5.56 Å². The molecule has 0 saturated carbocycles. The molecular formula is C16H23NO5. The standard InChI is InChI=1S/C16H23NO5/c1-16(2,3)22-15(20)17-13(18)9-10-14(19)21-11-12-7-5-4-6-8-12/h4-8,13,18H,9-11H2,1-3H3,(H,17,20). The molecule has 0 bridgehead atoms. The van der Waals surface area contributed by atoms with Gasteiger partial charge in [0, 0.05) is 12.8 Å². The molecule has 0 radical (unpaired) electrons. The average molecular weight is 309 g/mol. The van der Waals surface area contributed by atoms with Crippen LogP contribution in [0.15, 0.2) is 30.3 Å². The van der Waals surface area contributed by atoms with E-state index in [1.165, 1.54) is 0 Å². The molecule has 0 spiro atoms. The van der Waals surface area contributed by atoms with Gasteiger partial charge in [0.1, 0.15) is 18.4 Å². The lowest BCUT2D eigenvalue weighted by molar-refractivity contribution is -0.145. The Bertz CT molecular complexity index is 481. The van der Waals surface area contributed by atoms with Gasteiger partial charge in [-0.3, -0.25) is 10.1 Å². The minimum absolute atomic E-state index is 0.00377. The van der Waals surface area contributed by atoms with Crippen molar-refractivity contribution in [1.82, 2.24) is 5.32 Å². The number of aliphatic hydroxyl groups excluding tert-OH is 1. The number of benzene rings is 1. The second kappa shape index (κ2) is 8.38. The lowest BCUT2D eigenvalue weighted by atomic mass is 10.2.